The molecule has 0 bridgehead atoms. The van der Waals surface area contributed by atoms with Gasteiger partial charge in [0.25, 0.3) is 0 Å². The predicted molar refractivity (Wildman–Crippen MR) is 248 cm³/mol. The van der Waals surface area contributed by atoms with Gasteiger partial charge in [-0.1, -0.05) is 152 Å². The van der Waals surface area contributed by atoms with Crippen LogP contribution in [0.3, 0.4) is 0 Å². The van der Waals surface area contributed by atoms with Crippen molar-refractivity contribution in [3.8, 4) is 56.7 Å². The third-order valence-corrected chi connectivity index (χ3v) is 11.7. The second-order valence-electron chi connectivity index (χ2n) is 15.3. The lowest BCUT2D eigenvalue weighted by atomic mass is 10.0. The summed E-state index contributed by atoms with van der Waals surface area (Å²) in [5.41, 5.74) is 12.1. The molecule has 280 valence electrons. The van der Waals surface area contributed by atoms with Crippen LogP contribution in [0.4, 0.5) is 0 Å². The Morgan fingerprint density at radius 1 is 0.267 bits per heavy atom. The predicted octanol–water partition coefficient (Wildman–Crippen LogP) is 13.9. The van der Waals surface area contributed by atoms with Crippen molar-refractivity contribution < 1.29 is 0 Å². The zero-order chi connectivity index (χ0) is 39.6. The average Bonchev–Trinajstić information content (AvgIpc) is 3.85. The molecule has 0 fully saturated rings. The molecule has 0 spiro atoms. The normalized spacial score (nSPS) is 11.7. The molecule has 0 amide bonds. The summed E-state index contributed by atoms with van der Waals surface area (Å²) in [6, 6.07) is 75.1. The zero-order valence-electron chi connectivity index (χ0n) is 32.4. The second kappa shape index (κ2) is 13.8. The molecule has 0 saturated heterocycles. The van der Waals surface area contributed by atoms with E-state index >= 15 is 0 Å². The molecule has 0 radical (unpaired) electrons. The maximum Gasteiger partial charge on any atom is 0.164 e. The van der Waals surface area contributed by atoms with E-state index in [1.54, 1.807) is 0 Å². The monoisotopic (exact) mass is 765 g/mol. The average molecular weight is 766 g/mol. The fraction of sp³-hybridized carbons (Fsp3) is 0. The Morgan fingerprint density at radius 2 is 0.733 bits per heavy atom. The van der Waals surface area contributed by atoms with Crippen molar-refractivity contribution in [1.29, 1.82) is 0 Å². The molecule has 3 heterocycles. The van der Waals surface area contributed by atoms with E-state index in [9.17, 15) is 0 Å². The molecule has 9 aromatic carbocycles. The van der Waals surface area contributed by atoms with E-state index in [2.05, 4.69) is 185 Å². The first-order valence-electron chi connectivity index (χ1n) is 20.3. The van der Waals surface area contributed by atoms with Crippen LogP contribution in [0.1, 0.15) is 0 Å². The van der Waals surface area contributed by atoms with Gasteiger partial charge in [0, 0.05) is 49.6 Å². The van der Waals surface area contributed by atoms with Gasteiger partial charge in [0.05, 0.1) is 22.1 Å². The third-order valence-electron chi connectivity index (χ3n) is 11.7. The van der Waals surface area contributed by atoms with Gasteiger partial charge in [-0.2, -0.15) is 0 Å². The number of hydrogen-bond donors (Lipinski definition) is 0. The Kier molecular flexibility index (Phi) is 7.78. The summed E-state index contributed by atoms with van der Waals surface area (Å²) >= 11 is 0. The Labute approximate surface area is 346 Å². The molecule has 0 atom stereocenters. The highest BCUT2D eigenvalue weighted by Crippen LogP contribution is 2.42. The summed E-state index contributed by atoms with van der Waals surface area (Å²) in [4.78, 5) is 15.2. The SMILES string of the molecule is c1ccc(-c2cccc(-c3nc(-c4ccccc4)nc(-c4ccc5cc(-n6c7ccccc7c7c8c9ccccc9n(-c9ccccc9)c8ccc76)ccc5c4)n3)c2)cc1. The first kappa shape index (κ1) is 33.9. The van der Waals surface area contributed by atoms with E-state index < -0.39 is 0 Å². The molecule has 0 aliphatic heterocycles. The van der Waals surface area contributed by atoms with Crippen molar-refractivity contribution in [3.63, 3.8) is 0 Å². The molecular formula is C55H35N5. The summed E-state index contributed by atoms with van der Waals surface area (Å²) < 4.78 is 4.81. The van der Waals surface area contributed by atoms with Crippen LogP contribution in [0, 0.1) is 0 Å². The maximum atomic E-state index is 5.11. The van der Waals surface area contributed by atoms with Gasteiger partial charge in [0.1, 0.15) is 0 Å². The molecule has 0 saturated carbocycles. The van der Waals surface area contributed by atoms with Gasteiger partial charge in [-0.3, -0.25) is 0 Å². The van der Waals surface area contributed by atoms with Crippen LogP contribution in [-0.4, -0.2) is 24.1 Å². The van der Waals surface area contributed by atoms with E-state index in [-0.39, 0.29) is 0 Å². The topological polar surface area (TPSA) is 48.5 Å². The number of nitrogens with zero attached hydrogens (tertiary/aromatic N) is 5. The number of benzene rings is 9. The number of fused-ring (bicyclic) bond motifs is 8. The molecule has 12 aromatic rings. The van der Waals surface area contributed by atoms with Crippen LogP contribution in [-0.2, 0) is 0 Å². The molecular weight excluding hydrogens is 731 g/mol. The van der Waals surface area contributed by atoms with Crippen LogP contribution >= 0.6 is 0 Å². The quantitative estimate of drug-likeness (QED) is 0.169. The van der Waals surface area contributed by atoms with Crippen LogP contribution < -0.4 is 0 Å². The Hall–Kier alpha value is -8.15. The maximum absolute atomic E-state index is 5.11. The van der Waals surface area contributed by atoms with Crippen molar-refractivity contribution in [2.45, 2.75) is 0 Å². The summed E-state index contributed by atoms with van der Waals surface area (Å²) in [5.74, 6) is 1.92. The van der Waals surface area contributed by atoms with Gasteiger partial charge in [0.15, 0.2) is 17.5 Å². The Bertz CT molecular complexity index is 3590. The second-order valence-corrected chi connectivity index (χ2v) is 15.3. The van der Waals surface area contributed by atoms with E-state index in [0.29, 0.717) is 17.5 Å². The zero-order valence-corrected chi connectivity index (χ0v) is 32.4. The number of aromatic nitrogens is 5. The minimum Gasteiger partial charge on any atom is -0.309 e. The molecule has 0 unspecified atom stereocenters. The van der Waals surface area contributed by atoms with Gasteiger partial charge in [0.2, 0.25) is 0 Å². The van der Waals surface area contributed by atoms with E-state index in [1.807, 2.05) is 36.4 Å². The molecule has 0 N–H and O–H groups in total. The standard InChI is InChI=1S/C55H35N5/c1-4-15-36(16-5-1)38-19-14-20-41(33-38)54-56-53(37-17-6-2-7-18-37)57-55(58-54)42-28-27-40-35-44(30-29-39(40)34-42)60-48-26-13-11-24-46(48)52-50(60)32-31-49-51(52)45-23-10-12-25-47(45)59(49)43-21-8-3-9-22-43/h1-35H. The van der Waals surface area contributed by atoms with Crippen LogP contribution in [0.2, 0.25) is 0 Å². The smallest absolute Gasteiger partial charge is 0.164 e. The van der Waals surface area contributed by atoms with Crippen molar-refractivity contribution in [2.75, 3.05) is 0 Å². The molecule has 0 aliphatic rings. The van der Waals surface area contributed by atoms with Gasteiger partial charge < -0.3 is 9.13 Å². The summed E-state index contributed by atoms with van der Waals surface area (Å²) in [6.07, 6.45) is 0. The van der Waals surface area contributed by atoms with Crippen molar-refractivity contribution in [2.24, 2.45) is 0 Å². The van der Waals surface area contributed by atoms with Gasteiger partial charge in [-0.05, 0) is 82.6 Å². The Balaban J connectivity index is 0.999. The molecule has 5 heteroatoms. The minimum absolute atomic E-state index is 0.635. The van der Waals surface area contributed by atoms with Crippen LogP contribution in [0.5, 0.6) is 0 Å². The van der Waals surface area contributed by atoms with Gasteiger partial charge >= 0.3 is 0 Å². The molecule has 12 rings (SSSR count). The summed E-state index contributed by atoms with van der Waals surface area (Å²) in [7, 11) is 0. The highest BCUT2D eigenvalue weighted by molar-refractivity contribution is 6.29. The molecule has 3 aromatic heterocycles. The van der Waals surface area contributed by atoms with Crippen molar-refractivity contribution >= 4 is 54.4 Å². The number of rotatable bonds is 6. The highest BCUT2D eigenvalue weighted by Gasteiger charge is 2.21. The molecule has 5 nitrogen and oxygen atoms in total. The first-order valence-corrected chi connectivity index (χ1v) is 20.3. The fourth-order valence-corrected chi connectivity index (χ4v) is 8.98. The van der Waals surface area contributed by atoms with Crippen LogP contribution in [0.15, 0.2) is 212 Å². The lowest BCUT2D eigenvalue weighted by Crippen LogP contribution is -2.00. The lowest BCUT2D eigenvalue weighted by molar-refractivity contribution is 1.07. The van der Waals surface area contributed by atoms with Gasteiger partial charge in [-0.15, -0.1) is 0 Å². The van der Waals surface area contributed by atoms with E-state index in [0.717, 1.165) is 50.0 Å². The van der Waals surface area contributed by atoms with E-state index in [4.69, 9.17) is 15.0 Å². The van der Waals surface area contributed by atoms with E-state index in [1.165, 1.54) is 43.6 Å². The summed E-state index contributed by atoms with van der Waals surface area (Å²) in [5, 5.41) is 7.26. The minimum atomic E-state index is 0.635. The Morgan fingerprint density at radius 3 is 1.38 bits per heavy atom. The highest BCUT2D eigenvalue weighted by atomic mass is 15.0. The fourth-order valence-electron chi connectivity index (χ4n) is 8.98. The molecule has 0 aliphatic carbocycles. The summed E-state index contributed by atoms with van der Waals surface area (Å²) in [6.45, 7) is 0. The third kappa shape index (κ3) is 5.52. The van der Waals surface area contributed by atoms with Crippen molar-refractivity contribution in [3.05, 3.63) is 212 Å². The lowest BCUT2D eigenvalue weighted by Gasteiger charge is -2.12. The van der Waals surface area contributed by atoms with Crippen molar-refractivity contribution in [1.82, 2.24) is 24.1 Å². The molecule has 60 heavy (non-hydrogen) atoms. The number of para-hydroxylation sites is 3. The van der Waals surface area contributed by atoms with Crippen LogP contribution in [0.25, 0.3) is 111 Å². The van der Waals surface area contributed by atoms with Gasteiger partial charge in [-0.25, -0.2) is 15.0 Å². The first-order chi connectivity index (χ1) is 29.7. The largest absolute Gasteiger partial charge is 0.309 e. The number of hydrogen-bond acceptors (Lipinski definition) is 3.